The van der Waals surface area contributed by atoms with Crippen molar-refractivity contribution in [1.29, 1.82) is 0 Å². The molecule has 1 amide bonds. The molecule has 0 fully saturated rings. The van der Waals surface area contributed by atoms with Crippen molar-refractivity contribution >= 4 is 18.3 Å². The highest BCUT2D eigenvalue weighted by molar-refractivity contribution is 5.84. The maximum atomic E-state index is 12.8. The van der Waals surface area contributed by atoms with Gasteiger partial charge in [-0.1, -0.05) is 48.5 Å². The van der Waals surface area contributed by atoms with Crippen LogP contribution in [0.25, 0.3) is 11.1 Å². The second-order valence-electron chi connectivity index (χ2n) is 7.95. The van der Waals surface area contributed by atoms with Gasteiger partial charge in [-0.15, -0.1) is 0 Å². The number of hydrogen-bond donors (Lipinski definition) is 0. The van der Waals surface area contributed by atoms with E-state index in [2.05, 4.69) is 0 Å². The van der Waals surface area contributed by atoms with E-state index in [0.717, 1.165) is 22.3 Å². The van der Waals surface area contributed by atoms with Crippen LogP contribution in [0.4, 0.5) is 4.79 Å². The molecular weight excluding hydrogens is 370 g/mol. The topological polar surface area (TPSA) is 72.9 Å². The number of rotatable bonds is 5. The normalized spacial score (nSPS) is 13.8. The van der Waals surface area contributed by atoms with Crippen LogP contribution in [-0.4, -0.2) is 42.0 Å². The number of hydrogen-bond acceptors (Lipinski definition) is 5. The van der Waals surface area contributed by atoms with Gasteiger partial charge >= 0.3 is 12.1 Å². The summed E-state index contributed by atoms with van der Waals surface area (Å²) in [6.45, 7) is 5.26. The fourth-order valence-corrected chi connectivity index (χ4v) is 3.73. The second-order valence-corrected chi connectivity index (χ2v) is 7.95. The number of methoxy groups -OCH3 is 1. The van der Waals surface area contributed by atoms with Gasteiger partial charge in [0.15, 0.2) is 0 Å². The highest BCUT2D eigenvalue weighted by Crippen LogP contribution is 2.47. The van der Waals surface area contributed by atoms with Crippen molar-refractivity contribution < 1.29 is 23.9 Å². The molecule has 1 aliphatic carbocycles. The van der Waals surface area contributed by atoms with E-state index in [1.807, 2.05) is 48.5 Å². The molecule has 0 aliphatic heterocycles. The van der Waals surface area contributed by atoms with E-state index < -0.39 is 29.7 Å². The molecule has 2 aromatic rings. The number of aldehydes is 1. The minimum absolute atomic E-state index is 0.253. The van der Waals surface area contributed by atoms with Crippen LogP contribution in [0.3, 0.4) is 0 Å². The van der Waals surface area contributed by atoms with E-state index in [4.69, 9.17) is 9.47 Å². The number of benzene rings is 2. The number of esters is 1. The van der Waals surface area contributed by atoms with Gasteiger partial charge in [0.2, 0.25) is 0 Å². The smallest absolute Gasteiger partial charge is 0.410 e. The van der Waals surface area contributed by atoms with E-state index in [1.165, 1.54) is 12.0 Å². The van der Waals surface area contributed by atoms with Crippen LogP contribution < -0.4 is 0 Å². The third-order valence-corrected chi connectivity index (χ3v) is 4.77. The summed E-state index contributed by atoms with van der Waals surface area (Å²) in [6, 6.07) is 13.9. The van der Waals surface area contributed by atoms with Gasteiger partial charge in [0.05, 0.1) is 19.6 Å². The van der Waals surface area contributed by atoms with Crippen molar-refractivity contribution in [2.24, 2.45) is 0 Å². The molecule has 0 saturated carbocycles. The van der Waals surface area contributed by atoms with E-state index in [-0.39, 0.29) is 6.42 Å². The second kappa shape index (κ2) is 8.07. The average molecular weight is 395 g/mol. The minimum atomic E-state index is -1.03. The van der Waals surface area contributed by atoms with Crippen LogP contribution in [0, 0.1) is 0 Å². The molecule has 1 unspecified atom stereocenters. The maximum Gasteiger partial charge on any atom is 0.410 e. The van der Waals surface area contributed by atoms with Crippen LogP contribution in [-0.2, 0) is 19.1 Å². The molecule has 1 atom stereocenters. The molecule has 0 heterocycles. The number of nitrogens with zero attached hydrogens (tertiary/aromatic N) is 1. The Hall–Kier alpha value is -3.15. The lowest BCUT2D eigenvalue weighted by molar-refractivity contribution is -0.156. The van der Waals surface area contributed by atoms with Crippen molar-refractivity contribution in [2.75, 3.05) is 7.11 Å². The summed E-state index contributed by atoms with van der Waals surface area (Å²) in [5.74, 6) is -0.553. The zero-order valence-corrected chi connectivity index (χ0v) is 17.0. The van der Waals surface area contributed by atoms with Crippen LogP contribution in [0.1, 0.15) is 44.4 Å². The van der Waals surface area contributed by atoms with E-state index in [0.29, 0.717) is 6.29 Å². The SMILES string of the molecule is COC(=O)N(C(C=O)CC(=O)OC(C)(C)C)C1c2ccccc2-c2ccccc21. The largest absolute Gasteiger partial charge is 0.460 e. The Morgan fingerprint density at radius 1 is 1.03 bits per heavy atom. The Labute approximate surface area is 170 Å². The molecule has 29 heavy (non-hydrogen) atoms. The van der Waals surface area contributed by atoms with Gasteiger partial charge in [0.25, 0.3) is 0 Å². The maximum absolute atomic E-state index is 12.8. The van der Waals surface area contributed by atoms with Gasteiger partial charge in [0.1, 0.15) is 17.9 Å². The molecule has 0 aromatic heterocycles. The van der Waals surface area contributed by atoms with Gasteiger partial charge in [-0.25, -0.2) is 4.79 Å². The molecule has 0 saturated heterocycles. The number of fused-ring (bicyclic) bond motifs is 3. The molecule has 6 nitrogen and oxygen atoms in total. The van der Waals surface area contributed by atoms with Gasteiger partial charge in [-0.2, -0.15) is 0 Å². The molecule has 0 bridgehead atoms. The highest BCUT2D eigenvalue weighted by Gasteiger charge is 2.40. The summed E-state index contributed by atoms with van der Waals surface area (Å²) in [7, 11) is 1.26. The first-order chi connectivity index (χ1) is 13.8. The third kappa shape index (κ3) is 4.16. The summed E-state index contributed by atoms with van der Waals surface area (Å²) in [6.07, 6.45) is -0.330. The minimum Gasteiger partial charge on any atom is -0.460 e. The summed E-state index contributed by atoms with van der Waals surface area (Å²) in [4.78, 5) is 38.5. The molecule has 2 aromatic carbocycles. The van der Waals surface area contributed by atoms with Crippen molar-refractivity contribution in [1.82, 2.24) is 4.90 Å². The first-order valence-electron chi connectivity index (χ1n) is 9.48. The molecular formula is C23H25NO5. The number of amides is 1. The first kappa shape index (κ1) is 20.6. The number of ether oxygens (including phenoxy) is 2. The zero-order chi connectivity index (χ0) is 21.2. The lowest BCUT2D eigenvalue weighted by atomic mass is 10.0. The average Bonchev–Trinajstić information content (AvgIpc) is 3.00. The van der Waals surface area contributed by atoms with Crippen LogP contribution in [0.2, 0.25) is 0 Å². The van der Waals surface area contributed by atoms with Crippen molar-refractivity contribution in [2.45, 2.75) is 44.9 Å². The summed E-state index contributed by atoms with van der Waals surface area (Å²) in [5.41, 5.74) is 3.06. The van der Waals surface area contributed by atoms with Gasteiger partial charge in [-0.05, 0) is 43.0 Å². The predicted octanol–water partition coefficient (Wildman–Crippen LogP) is 4.12. The van der Waals surface area contributed by atoms with Crippen molar-refractivity contribution in [3.05, 3.63) is 59.7 Å². The Kier molecular flexibility index (Phi) is 5.73. The summed E-state index contributed by atoms with van der Waals surface area (Å²) >= 11 is 0. The monoisotopic (exact) mass is 395 g/mol. The predicted molar refractivity (Wildman–Crippen MR) is 108 cm³/mol. The van der Waals surface area contributed by atoms with Crippen LogP contribution in [0.5, 0.6) is 0 Å². The van der Waals surface area contributed by atoms with Crippen molar-refractivity contribution in [3.8, 4) is 11.1 Å². The lowest BCUT2D eigenvalue weighted by Gasteiger charge is -2.33. The first-order valence-corrected chi connectivity index (χ1v) is 9.48. The summed E-state index contributed by atoms with van der Waals surface area (Å²) < 4.78 is 10.4. The Bertz CT molecular complexity index is 885. The molecule has 0 spiro atoms. The van der Waals surface area contributed by atoms with E-state index in [9.17, 15) is 14.4 Å². The molecule has 1 aliphatic rings. The lowest BCUT2D eigenvalue weighted by Crippen LogP contribution is -2.45. The van der Waals surface area contributed by atoms with Gasteiger partial charge in [0, 0.05) is 0 Å². The standard InChI is InChI=1S/C23H25NO5/c1-23(2,3)29-20(26)13-15(14-25)24(22(27)28-4)21-18-11-7-5-9-16(18)17-10-6-8-12-19(17)21/h5-12,14-15,21H,13H2,1-4H3. The van der Waals surface area contributed by atoms with Crippen molar-refractivity contribution in [3.63, 3.8) is 0 Å². The zero-order valence-electron chi connectivity index (χ0n) is 17.0. The van der Waals surface area contributed by atoms with Gasteiger partial charge in [-0.3, -0.25) is 9.69 Å². The fraction of sp³-hybridized carbons (Fsp3) is 0.348. The molecule has 0 N–H and O–H groups in total. The number of carbonyl (C=O) groups is 3. The van der Waals surface area contributed by atoms with Crippen LogP contribution >= 0.6 is 0 Å². The van der Waals surface area contributed by atoms with E-state index >= 15 is 0 Å². The van der Waals surface area contributed by atoms with Gasteiger partial charge < -0.3 is 14.3 Å². The fourth-order valence-electron chi connectivity index (χ4n) is 3.73. The molecule has 0 radical (unpaired) electrons. The van der Waals surface area contributed by atoms with E-state index in [1.54, 1.807) is 20.8 Å². The highest BCUT2D eigenvalue weighted by atomic mass is 16.6. The summed E-state index contributed by atoms with van der Waals surface area (Å²) in [5, 5.41) is 0. The molecule has 6 heteroatoms. The Morgan fingerprint density at radius 2 is 1.55 bits per heavy atom. The van der Waals surface area contributed by atoms with Crippen LogP contribution in [0.15, 0.2) is 48.5 Å². The molecule has 3 rings (SSSR count). The third-order valence-electron chi connectivity index (χ3n) is 4.77. The number of carbonyl (C=O) groups excluding carboxylic acids is 3. The Morgan fingerprint density at radius 3 is 2.00 bits per heavy atom. The Balaban J connectivity index is 2.04. The molecule has 152 valence electrons. The quantitative estimate of drug-likeness (QED) is 0.562.